The second-order valence-corrected chi connectivity index (χ2v) is 10.5. The van der Waals surface area contributed by atoms with Gasteiger partial charge in [0.2, 0.25) is 0 Å². The van der Waals surface area contributed by atoms with Crippen molar-refractivity contribution >= 4 is 63.4 Å². The zero-order valence-electron chi connectivity index (χ0n) is 18.2. The van der Waals surface area contributed by atoms with Crippen molar-refractivity contribution in [1.29, 1.82) is 0 Å². The van der Waals surface area contributed by atoms with E-state index < -0.39 is 5.91 Å². The van der Waals surface area contributed by atoms with Gasteiger partial charge in [-0.15, -0.1) is 22.7 Å². The van der Waals surface area contributed by atoms with E-state index in [1.54, 1.807) is 42.6 Å². The number of amides is 2. The molecule has 1 aromatic carbocycles. The van der Waals surface area contributed by atoms with Gasteiger partial charge in [0, 0.05) is 18.5 Å². The number of nitrogens with one attached hydrogen (secondary N) is 2. The maximum atomic E-state index is 12.6. The van der Waals surface area contributed by atoms with Crippen LogP contribution in [-0.4, -0.2) is 40.7 Å². The van der Waals surface area contributed by atoms with Gasteiger partial charge in [-0.05, 0) is 49.6 Å². The van der Waals surface area contributed by atoms with E-state index in [2.05, 4.69) is 16.0 Å². The first-order chi connectivity index (χ1) is 16.3. The molecule has 0 spiro atoms. The summed E-state index contributed by atoms with van der Waals surface area (Å²) in [6.07, 6.45) is 3.30. The first kappa shape index (κ1) is 24.7. The number of halogens is 2. The molecule has 4 rings (SSSR count). The Morgan fingerprint density at radius 1 is 1.03 bits per heavy atom. The normalized spacial score (nSPS) is 14.7. The number of hydrogen-bond acceptors (Lipinski definition) is 7. The van der Waals surface area contributed by atoms with Crippen LogP contribution < -0.4 is 10.9 Å². The van der Waals surface area contributed by atoms with E-state index >= 15 is 0 Å². The summed E-state index contributed by atoms with van der Waals surface area (Å²) in [5, 5.41) is 19.3. The second kappa shape index (κ2) is 10.9. The van der Waals surface area contributed by atoms with E-state index in [1.165, 1.54) is 17.8 Å². The van der Waals surface area contributed by atoms with Gasteiger partial charge in [-0.2, -0.15) is 5.10 Å². The lowest BCUT2D eigenvalue weighted by atomic mass is 10.1. The number of hydrogen-bond donors (Lipinski definition) is 3. The van der Waals surface area contributed by atoms with Crippen LogP contribution in [0.2, 0.25) is 10.0 Å². The Bertz CT molecular complexity index is 1250. The highest BCUT2D eigenvalue weighted by Crippen LogP contribution is 2.40. The van der Waals surface area contributed by atoms with Gasteiger partial charge in [0.1, 0.15) is 5.75 Å². The smallest absolute Gasteiger partial charge is 0.281 e. The summed E-state index contributed by atoms with van der Waals surface area (Å²) in [7, 11) is 0. The monoisotopic (exact) mass is 536 g/mol. The molecule has 0 bridgehead atoms. The van der Waals surface area contributed by atoms with Crippen LogP contribution in [0.1, 0.15) is 51.1 Å². The highest BCUT2D eigenvalue weighted by atomic mass is 35.5. The van der Waals surface area contributed by atoms with Gasteiger partial charge in [0.05, 0.1) is 36.0 Å². The van der Waals surface area contributed by atoms with E-state index in [1.807, 2.05) is 5.01 Å². The van der Waals surface area contributed by atoms with Crippen molar-refractivity contribution < 1.29 is 14.7 Å². The van der Waals surface area contributed by atoms with Crippen LogP contribution >= 0.6 is 45.9 Å². The summed E-state index contributed by atoms with van der Waals surface area (Å²) >= 11 is 14.5. The minimum atomic E-state index is -0.430. The lowest BCUT2D eigenvalue weighted by Crippen LogP contribution is -2.44. The Morgan fingerprint density at radius 3 is 2.44 bits per heavy atom. The van der Waals surface area contributed by atoms with Crippen molar-refractivity contribution in [2.24, 2.45) is 5.10 Å². The Balaban J connectivity index is 1.41. The van der Waals surface area contributed by atoms with E-state index in [9.17, 15) is 14.7 Å². The van der Waals surface area contributed by atoms with Crippen LogP contribution in [0, 0.1) is 0 Å². The summed E-state index contributed by atoms with van der Waals surface area (Å²) in [6, 6.07) is 8.35. The van der Waals surface area contributed by atoms with Crippen molar-refractivity contribution in [2.75, 3.05) is 13.1 Å². The number of rotatable bonds is 6. The molecular formula is C23H22Cl2N4O3S2. The van der Waals surface area contributed by atoms with Crippen molar-refractivity contribution in [1.82, 2.24) is 15.9 Å². The van der Waals surface area contributed by atoms with Gasteiger partial charge in [-0.25, -0.2) is 10.4 Å². The summed E-state index contributed by atoms with van der Waals surface area (Å²) in [5.74, 6) is -0.601. The van der Waals surface area contributed by atoms with Crippen LogP contribution in [0.4, 0.5) is 0 Å². The molecule has 0 atom stereocenters. The molecule has 3 N–H and O–H groups in total. The lowest BCUT2D eigenvalue weighted by Gasteiger charge is -2.26. The van der Waals surface area contributed by atoms with E-state index in [-0.39, 0.29) is 11.7 Å². The number of hydrazine groups is 1. The average molecular weight is 537 g/mol. The van der Waals surface area contributed by atoms with E-state index in [0.717, 1.165) is 42.8 Å². The molecule has 1 aliphatic rings. The molecule has 3 aromatic rings. The quantitative estimate of drug-likeness (QED) is 0.275. The Labute approximate surface area is 215 Å². The minimum absolute atomic E-state index is 0.0479. The summed E-state index contributed by atoms with van der Waals surface area (Å²) in [4.78, 5) is 26.4. The zero-order valence-corrected chi connectivity index (χ0v) is 21.4. The van der Waals surface area contributed by atoms with Gasteiger partial charge in [0.15, 0.2) is 0 Å². The van der Waals surface area contributed by atoms with Crippen molar-refractivity contribution in [2.45, 2.75) is 26.2 Å². The zero-order chi connectivity index (χ0) is 24.2. The van der Waals surface area contributed by atoms with Gasteiger partial charge < -0.3 is 5.11 Å². The number of carbonyl (C=O) groups is 2. The number of thiophene rings is 2. The molecule has 0 saturated carbocycles. The molecule has 0 radical (unpaired) electrons. The molecule has 1 aliphatic heterocycles. The molecule has 3 heterocycles. The molecule has 2 amide bonds. The largest absolute Gasteiger partial charge is 0.506 e. The molecule has 2 aromatic heterocycles. The van der Waals surface area contributed by atoms with E-state index in [0.29, 0.717) is 36.0 Å². The second-order valence-electron chi connectivity index (χ2n) is 7.75. The third-order valence-electron chi connectivity index (χ3n) is 5.33. The predicted octanol–water partition coefficient (Wildman–Crippen LogP) is 5.77. The fourth-order valence-corrected chi connectivity index (χ4v) is 5.57. The van der Waals surface area contributed by atoms with Gasteiger partial charge >= 0.3 is 0 Å². The minimum Gasteiger partial charge on any atom is -0.506 e. The van der Waals surface area contributed by atoms with Gasteiger partial charge in [-0.3, -0.25) is 15.0 Å². The van der Waals surface area contributed by atoms with E-state index in [4.69, 9.17) is 23.2 Å². The average Bonchev–Trinajstić information content (AvgIpc) is 3.47. The highest BCUT2D eigenvalue weighted by molar-refractivity contribution is 7.16. The molecule has 0 aliphatic carbocycles. The topological polar surface area (TPSA) is 94.0 Å². The fraction of sp³-hybridized carbons (Fsp3) is 0.261. The predicted molar refractivity (Wildman–Crippen MR) is 138 cm³/mol. The van der Waals surface area contributed by atoms with Crippen LogP contribution in [0.5, 0.6) is 5.75 Å². The molecular weight excluding hydrogens is 515 g/mol. The lowest BCUT2D eigenvalue weighted by molar-refractivity contribution is 0.0754. The molecule has 178 valence electrons. The van der Waals surface area contributed by atoms with Crippen LogP contribution in [-0.2, 0) is 0 Å². The Hall–Kier alpha value is -2.43. The third kappa shape index (κ3) is 5.61. The first-order valence-electron chi connectivity index (χ1n) is 10.6. The van der Waals surface area contributed by atoms with Crippen molar-refractivity contribution in [3.8, 4) is 16.2 Å². The number of nitrogens with zero attached hydrogens (tertiary/aromatic N) is 2. The fourth-order valence-electron chi connectivity index (χ4n) is 3.49. The van der Waals surface area contributed by atoms with Crippen LogP contribution in [0.25, 0.3) is 10.4 Å². The summed E-state index contributed by atoms with van der Waals surface area (Å²) in [5.41, 5.74) is 7.05. The number of benzene rings is 1. The highest BCUT2D eigenvalue weighted by Gasteiger charge is 2.19. The van der Waals surface area contributed by atoms with Crippen LogP contribution in [0.15, 0.2) is 40.8 Å². The SMILES string of the molecule is CC(=NNC(=O)c1ccc(C(=O)NN2CCCCC2)s1)c1csc(-c2ccc(Cl)c(Cl)c2)c1O. The number of hydrazone groups is 1. The van der Waals surface area contributed by atoms with Gasteiger partial charge in [-0.1, -0.05) is 35.7 Å². The summed E-state index contributed by atoms with van der Waals surface area (Å²) < 4.78 is 0. The van der Waals surface area contributed by atoms with Crippen molar-refractivity contribution in [3.05, 3.63) is 61.1 Å². The Morgan fingerprint density at radius 2 is 1.74 bits per heavy atom. The maximum absolute atomic E-state index is 12.6. The summed E-state index contributed by atoms with van der Waals surface area (Å²) in [6.45, 7) is 3.36. The standard InChI is InChI=1S/C23H22Cl2N4O3S2/c1-13(15-12-33-21(20(15)30)14-5-6-16(24)17(25)11-14)26-27-22(31)18-7-8-19(34-18)23(32)28-29-9-3-2-4-10-29/h5-8,11-12,30H,2-4,9-10H2,1H3,(H,27,31)(H,28,32). The number of carbonyl (C=O) groups excluding carboxylic acids is 2. The maximum Gasteiger partial charge on any atom is 0.281 e. The van der Waals surface area contributed by atoms with Crippen LogP contribution in [0.3, 0.4) is 0 Å². The van der Waals surface area contributed by atoms with Gasteiger partial charge in [0.25, 0.3) is 11.8 Å². The molecule has 7 nitrogen and oxygen atoms in total. The first-order valence-corrected chi connectivity index (χ1v) is 13.1. The molecule has 0 unspecified atom stereocenters. The molecule has 11 heteroatoms. The number of piperidine rings is 1. The van der Waals surface area contributed by atoms with Crippen molar-refractivity contribution in [3.63, 3.8) is 0 Å². The molecule has 1 saturated heterocycles. The molecule has 1 fully saturated rings. The Kier molecular flexibility index (Phi) is 7.90. The third-order valence-corrected chi connectivity index (χ3v) is 8.17. The molecule has 34 heavy (non-hydrogen) atoms. The number of aromatic hydroxyl groups is 1.